The lowest BCUT2D eigenvalue weighted by atomic mass is 10.2. The summed E-state index contributed by atoms with van der Waals surface area (Å²) in [5.41, 5.74) is -1.26. The topological polar surface area (TPSA) is 86.7 Å². The lowest BCUT2D eigenvalue weighted by Gasteiger charge is -2.31. The molecule has 0 bridgehead atoms. The molecule has 0 amide bonds. The summed E-state index contributed by atoms with van der Waals surface area (Å²) >= 11 is 0. The molecule has 0 radical (unpaired) electrons. The molecule has 0 aromatic heterocycles. The highest BCUT2D eigenvalue weighted by atomic mass is 32.2. The van der Waals surface area contributed by atoms with Crippen LogP contribution in [0.3, 0.4) is 0 Å². The molecule has 1 aliphatic rings. The van der Waals surface area contributed by atoms with Crippen LogP contribution in [0.4, 0.5) is 13.2 Å². The first-order chi connectivity index (χ1) is 10.1. The SMILES string of the molecule is O=C(O)[C@@H]1CN(S(=O)(=O)c2ccccc2C(F)(F)F)CCN1. The van der Waals surface area contributed by atoms with Gasteiger partial charge in [0.2, 0.25) is 10.0 Å². The predicted molar refractivity (Wildman–Crippen MR) is 69.6 cm³/mol. The van der Waals surface area contributed by atoms with Crippen molar-refractivity contribution < 1.29 is 31.5 Å². The van der Waals surface area contributed by atoms with E-state index in [1.165, 1.54) is 6.07 Å². The molecule has 22 heavy (non-hydrogen) atoms. The second kappa shape index (κ2) is 5.86. The van der Waals surface area contributed by atoms with Gasteiger partial charge in [0, 0.05) is 19.6 Å². The van der Waals surface area contributed by atoms with Crippen molar-refractivity contribution in [2.45, 2.75) is 17.1 Å². The zero-order valence-electron chi connectivity index (χ0n) is 11.2. The fourth-order valence-electron chi connectivity index (χ4n) is 2.17. The molecule has 1 aromatic carbocycles. The Kier molecular flexibility index (Phi) is 4.45. The van der Waals surface area contributed by atoms with Gasteiger partial charge in [0.15, 0.2) is 0 Å². The number of carboxylic acids is 1. The standard InChI is InChI=1S/C12H13F3N2O4S/c13-12(14,15)8-3-1-2-4-10(8)22(20,21)17-6-5-16-9(7-17)11(18)19/h1-4,9,16H,5-7H2,(H,18,19)/t9-/m0/s1. The quantitative estimate of drug-likeness (QED) is 0.849. The van der Waals surface area contributed by atoms with Crippen LogP contribution in [0.5, 0.6) is 0 Å². The monoisotopic (exact) mass is 338 g/mol. The van der Waals surface area contributed by atoms with Crippen LogP contribution in [0.15, 0.2) is 29.2 Å². The number of piperazine rings is 1. The first-order valence-electron chi connectivity index (χ1n) is 6.26. The molecule has 0 spiro atoms. The zero-order valence-corrected chi connectivity index (χ0v) is 12.0. The van der Waals surface area contributed by atoms with Gasteiger partial charge in [0.1, 0.15) is 6.04 Å². The third-order valence-electron chi connectivity index (χ3n) is 3.25. The van der Waals surface area contributed by atoms with Crippen molar-refractivity contribution in [3.05, 3.63) is 29.8 Å². The minimum absolute atomic E-state index is 0.0460. The molecule has 2 rings (SSSR count). The lowest BCUT2D eigenvalue weighted by Crippen LogP contribution is -2.55. The lowest BCUT2D eigenvalue weighted by molar-refractivity contribution is -0.141. The molecule has 0 unspecified atom stereocenters. The number of hydrogen-bond acceptors (Lipinski definition) is 4. The van der Waals surface area contributed by atoms with Gasteiger partial charge >= 0.3 is 12.1 Å². The van der Waals surface area contributed by atoms with Crippen molar-refractivity contribution in [2.24, 2.45) is 0 Å². The molecule has 1 heterocycles. The fraction of sp³-hybridized carbons (Fsp3) is 0.417. The number of carboxylic acid groups (broad SMARTS) is 1. The number of rotatable bonds is 3. The smallest absolute Gasteiger partial charge is 0.417 e. The van der Waals surface area contributed by atoms with Crippen LogP contribution in [0.2, 0.25) is 0 Å². The van der Waals surface area contributed by atoms with Crippen LogP contribution >= 0.6 is 0 Å². The summed E-state index contributed by atoms with van der Waals surface area (Å²) in [5.74, 6) is -1.26. The molecule has 122 valence electrons. The normalized spacial score (nSPS) is 20.8. The Bertz CT molecular complexity index is 675. The van der Waals surface area contributed by atoms with E-state index in [1.54, 1.807) is 0 Å². The molecule has 6 nitrogen and oxygen atoms in total. The van der Waals surface area contributed by atoms with E-state index in [4.69, 9.17) is 5.11 Å². The maximum absolute atomic E-state index is 13.0. The van der Waals surface area contributed by atoms with Crippen LogP contribution in [0.25, 0.3) is 0 Å². The van der Waals surface area contributed by atoms with Crippen LogP contribution in [0, 0.1) is 0 Å². The van der Waals surface area contributed by atoms with Gasteiger partial charge in [0.05, 0.1) is 10.5 Å². The highest BCUT2D eigenvalue weighted by Crippen LogP contribution is 2.35. The Morgan fingerprint density at radius 1 is 1.32 bits per heavy atom. The van der Waals surface area contributed by atoms with Crippen molar-refractivity contribution in [3.8, 4) is 0 Å². The van der Waals surface area contributed by atoms with Crippen molar-refractivity contribution in [3.63, 3.8) is 0 Å². The van der Waals surface area contributed by atoms with E-state index in [2.05, 4.69) is 5.32 Å². The van der Waals surface area contributed by atoms with Crippen molar-refractivity contribution in [2.75, 3.05) is 19.6 Å². The Morgan fingerprint density at radius 2 is 1.95 bits per heavy atom. The van der Waals surface area contributed by atoms with Gasteiger partial charge < -0.3 is 10.4 Å². The van der Waals surface area contributed by atoms with E-state index in [1.807, 2.05) is 0 Å². The van der Waals surface area contributed by atoms with Crippen LogP contribution < -0.4 is 5.32 Å². The number of benzene rings is 1. The largest absolute Gasteiger partial charge is 0.480 e. The van der Waals surface area contributed by atoms with Gasteiger partial charge in [-0.25, -0.2) is 8.42 Å². The Morgan fingerprint density at radius 3 is 2.55 bits per heavy atom. The van der Waals surface area contributed by atoms with Gasteiger partial charge in [-0.3, -0.25) is 4.79 Å². The molecule has 1 aromatic rings. The molecule has 10 heteroatoms. The summed E-state index contributed by atoms with van der Waals surface area (Å²) in [6, 6.07) is 2.69. The first-order valence-corrected chi connectivity index (χ1v) is 7.70. The highest BCUT2D eigenvalue weighted by molar-refractivity contribution is 7.89. The summed E-state index contributed by atoms with van der Waals surface area (Å²) in [4.78, 5) is 10.1. The van der Waals surface area contributed by atoms with Gasteiger partial charge in [-0.1, -0.05) is 12.1 Å². The minimum Gasteiger partial charge on any atom is -0.480 e. The first kappa shape index (κ1) is 16.7. The van der Waals surface area contributed by atoms with Crippen LogP contribution in [0.1, 0.15) is 5.56 Å². The third kappa shape index (κ3) is 3.23. The van der Waals surface area contributed by atoms with E-state index in [0.29, 0.717) is 6.07 Å². The Labute approximate surface area is 124 Å². The van der Waals surface area contributed by atoms with Gasteiger partial charge in [-0.15, -0.1) is 0 Å². The van der Waals surface area contributed by atoms with Gasteiger partial charge in [-0.05, 0) is 12.1 Å². The summed E-state index contributed by atoms with van der Waals surface area (Å²) in [6.45, 7) is -0.480. The number of alkyl halides is 3. The third-order valence-corrected chi connectivity index (χ3v) is 5.17. The maximum atomic E-state index is 13.0. The molecule has 1 fully saturated rings. The van der Waals surface area contributed by atoms with E-state index < -0.39 is 45.2 Å². The number of carbonyl (C=O) groups is 1. The molecule has 1 saturated heterocycles. The minimum atomic E-state index is -4.82. The Balaban J connectivity index is 2.41. The number of hydrogen-bond donors (Lipinski definition) is 2. The van der Waals surface area contributed by atoms with Gasteiger partial charge in [0.25, 0.3) is 0 Å². The number of sulfonamides is 1. The fourth-order valence-corrected chi connectivity index (χ4v) is 3.84. The van der Waals surface area contributed by atoms with Crippen LogP contribution in [-0.4, -0.2) is 49.5 Å². The summed E-state index contributed by atoms with van der Waals surface area (Å²) < 4.78 is 64.5. The van der Waals surface area contributed by atoms with Crippen molar-refractivity contribution in [1.82, 2.24) is 9.62 Å². The van der Waals surface area contributed by atoms with E-state index >= 15 is 0 Å². The highest BCUT2D eigenvalue weighted by Gasteiger charge is 2.40. The molecule has 0 aliphatic carbocycles. The van der Waals surface area contributed by atoms with Crippen molar-refractivity contribution in [1.29, 1.82) is 0 Å². The zero-order chi connectivity index (χ0) is 16.5. The average Bonchev–Trinajstić information content (AvgIpc) is 2.46. The summed E-state index contributed by atoms with van der Waals surface area (Å²) in [7, 11) is -4.43. The molecule has 2 N–H and O–H groups in total. The summed E-state index contributed by atoms with van der Waals surface area (Å²) in [5, 5.41) is 11.5. The number of nitrogens with zero attached hydrogens (tertiary/aromatic N) is 1. The summed E-state index contributed by atoms with van der Waals surface area (Å²) in [6.07, 6.45) is -4.82. The van der Waals surface area contributed by atoms with E-state index in [-0.39, 0.29) is 13.1 Å². The average molecular weight is 338 g/mol. The molecule has 1 aliphatic heterocycles. The van der Waals surface area contributed by atoms with E-state index in [0.717, 1.165) is 16.4 Å². The van der Waals surface area contributed by atoms with E-state index in [9.17, 15) is 26.4 Å². The molecular weight excluding hydrogens is 325 g/mol. The number of nitrogens with one attached hydrogen (secondary N) is 1. The second-order valence-corrected chi connectivity index (χ2v) is 6.61. The molecule has 0 saturated carbocycles. The van der Waals surface area contributed by atoms with Crippen LogP contribution in [-0.2, 0) is 21.0 Å². The Hall–Kier alpha value is -1.65. The van der Waals surface area contributed by atoms with Gasteiger partial charge in [-0.2, -0.15) is 17.5 Å². The number of aliphatic carboxylic acids is 1. The second-order valence-electron chi connectivity index (χ2n) is 4.70. The molecule has 1 atom stereocenters. The maximum Gasteiger partial charge on any atom is 0.417 e. The van der Waals surface area contributed by atoms with Crippen molar-refractivity contribution >= 4 is 16.0 Å². The number of halogens is 3. The molecular formula is C12H13F3N2O4S. The predicted octanol–water partition coefficient (Wildman–Crippen LogP) is 0.752.